The minimum absolute atomic E-state index is 0.177. The fraction of sp³-hybridized carbons (Fsp3) is 0.0625. The fourth-order valence-electron chi connectivity index (χ4n) is 2.04. The van der Waals surface area contributed by atoms with Gasteiger partial charge in [-0.2, -0.15) is 4.98 Å². The number of hydrogen-bond donors (Lipinski definition) is 2. The average Bonchev–Trinajstić information content (AvgIpc) is 3.10. The first kappa shape index (κ1) is 15.1. The van der Waals surface area contributed by atoms with E-state index in [1.54, 1.807) is 25.3 Å². The van der Waals surface area contributed by atoms with Crippen LogP contribution in [0.1, 0.15) is 0 Å². The lowest BCUT2D eigenvalue weighted by molar-refractivity contribution is 0.401. The van der Waals surface area contributed by atoms with Crippen molar-refractivity contribution in [2.45, 2.75) is 4.90 Å². The maximum Gasteiger partial charge on any atom is 0.214 e. The summed E-state index contributed by atoms with van der Waals surface area (Å²) in [5.74, 6) is 5.51. The van der Waals surface area contributed by atoms with Crippen molar-refractivity contribution in [2.24, 2.45) is 0 Å². The van der Waals surface area contributed by atoms with Gasteiger partial charge in [0, 0.05) is 11.3 Å². The lowest BCUT2D eigenvalue weighted by Crippen LogP contribution is -1.94. The Labute approximate surface area is 135 Å². The highest BCUT2D eigenvalue weighted by Gasteiger charge is 2.08. The second kappa shape index (κ2) is 6.53. The van der Waals surface area contributed by atoms with Crippen molar-refractivity contribution in [3.8, 4) is 22.9 Å². The van der Waals surface area contributed by atoms with Crippen LogP contribution in [-0.2, 0) is 0 Å². The van der Waals surface area contributed by atoms with E-state index in [1.807, 2.05) is 24.3 Å². The molecule has 0 saturated heterocycles. The van der Waals surface area contributed by atoms with E-state index in [1.165, 1.54) is 6.39 Å². The van der Waals surface area contributed by atoms with Crippen molar-refractivity contribution in [2.75, 3.05) is 11.8 Å². The van der Waals surface area contributed by atoms with Gasteiger partial charge in [0.15, 0.2) is 0 Å². The number of phenolic OH excluding ortho intramolecular Hbond substituents is 1. The minimum atomic E-state index is -0.584. The molecule has 0 radical (unpaired) electrons. The van der Waals surface area contributed by atoms with E-state index in [9.17, 15) is 5.11 Å². The summed E-state index contributed by atoms with van der Waals surface area (Å²) in [4.78, 5) is 4.80. The van der Waals surface area contributed by atoms with Gasteiger partial charge in [-0.25, -0.2) is 0 Å². The van der Waals surface area contributed by atoms with Crippen LogP contribution in [0, 0.1) is 0 Å². The predicted octanol–water partition coefficient (Wildman–Crippen LogP) is 3.54. The molecule has 1 unspecified atom stereocenters. The van der Waals surface area contributed by atoms with E-state index in [2.05, 4.69) is 20.7 Å². The van der Waals surface area contributed by atoms with E-state index in [0.29, 0.717) is 11.6 Å². The number of ether oxygens (including phenoxy) is 1. The van der Waals surface area contributed by atoms with Gasteiger partial charge in [0.2, 0.25) is 12.2 Å². The molecule has 1 aromatic heterocycles. The zero-order valence-electron chi connectivity index (χ0n) is 12.4. The standard InChI is InChI=1S/C16H15N3O3S/c1-21-14-8-7-13(20)9-15(14)23(2)19-12-5-3-11(4-6-12)16-17-10-22-18-16/h3-10,19-20H,2H2,1H3. The molecular formula is C16H15N3O3S. The molecule has 0 spiro atoms. The van der Waals surface area contributed by atoms with Gasteiger partial charge < -0.3 is 19.1 Å². The Morgan fingerprint density at radius 1 is 1.22 bits per heavy atom. The van der Waals surface area contributed by atoms with Gasteiger partial charge in [-0.1, -0.05) is 21.7 Å². The molecule has 0 saturated carbocycles. The van der Waals surface area contributed by atoms with Crippen molar-refractivity contribution < 1.29 is 14.4 Å². The molecule has 0 aliphatic heterocycles. The molecule has 0 aliphatic rings. The zero-order valence-corrected chi connectivity index (χ0v) is 13.2. The second-order valence-electron chi connectivity index (χ2n) is 4.66. The summed E-state index contributed by atoms with van der Waals surface area (Å²) < 4.78 is 13.3. The summed E-state index contributed by atoms with van der Waals surface area (Å²) in [7, 11) is 1.01. The van der Waals surface area contributed by atoms with Crippen LogP contribution in [0.5, 0.6) is 11.5 Å². The third kappa shape index (κ3) is 3.35. The molecule has 1 heterocycles. The van der Waals surface area contributed by atoms with E-state index >= 15 is 0 Å². The third-order valence-corrected chi connectivity index (χ3v) is 4.49. The third-order valence-electron chi connectivity index (χ3n) is 3.16. The number of nitrogens with one attached hydrogen (secondary N) is 1. The van der Waals surface area contributed by atoms with E-state index in [4.69, 9.17) is 9.26 Å². The monoisotopic (exact) mass is 329 g/mol. The number of nitrogens with zero attached hydrogens (tertiary/aromatic N) is 2. The first-order valence-electron chi connectivity index (χ1n) is 6.72. The van der Waals surface area contributed by atoms with Crippen molar-refractivity contribution in [3.63, 3.8) is 0 Å². The van der Waals surface area contributed by atoms with Gasteiger partial charge in [0.05, 0.1) is 12.0 Å². The van der Waals surface area contributed by atoms with Crippen molar-refractivity contribution in [3.05, 3.63) is 48.9 Å². The van der Waals surface area contributed by atoms with Crippen LogP contribution in [0.15, 0.2) is 58.3 Å². The van der Waals surface area contributed by atoms with Gasteiger partial charge in [0.25, 0.3) is 0 Å². The molecule has 2 N–H and O–H groups in total. The quantitative estimate of drug-likeness (QED) is 0.697. The van der Waals surface area contributed by atoms with E-state index < -0.39 is 10.7 Å². The number of aromatic nitrogens is 2. The molecule has 23 heavy (non-hydrogen) atoms. The Bertz CT molecular complexity index is 817. The van der Waals surface area contributed by atoms with Crippen LogP contribution in [-0.4, -0.2) is 28.2 Å². The molecule has 3 aromatic rings. The predicted molar refractivity (Wildman–Crippen MR) is 91.0 cm³/mol. The van der Waals surface area contributed by atoms with Gasteiger partial charge in [0.1, 0.15) is 11.5 Å². The van der Waals surface area contributed by atoms with Gasteiger partial charge in [-0.05, 0) is 42.5 Å². The fourth-order valence-corrected chi connectivity index (χ4v) is 3.23. The maximum atomic E-state index is 9.66. The topological polar surface area (TPSA) is 80.4 Å². The van der Waals surface area contributed by atoms with E-state index in [0.717, 1.165) is 16.1 Å². The van der Waals surface area contributed by atoms with Crippen LogP contribution in [0.3, 0.4) is 0 Å². The van der Waals surface area contributed by atoms with Crippen molar-refractivity contribution in [1.29, 1.82) is 0 Å². The average molecular weight is 329 g/mol. The normalized spacial score (nSPS) is 11.9. The molecule has 6 nitrogen and oxygen atoms in total. The highest BCUT2D eigenvalue weighted by molar-refractivity contribution is 8.15. The zero-order chi connectivity index (χ0) is 16.2. The summed E-state index contributed by atoms with van der Waals surface area (Å²) >= 11 is 0. The van der Waals surface area contributed by atoms with Crippen LogP contribution < -0.4 is 9.46 Å². The van der Waals surface area contributed by atoms with Gasteiger partial charge in [-0.15, -0.1) is 0 Å². The maximum absolute atomic E-state index is 9.66. The Morgan fingerprint density at radius 2 is 2.00 bits per heavy atom. The second-order valence-corrected chi connectivity index (χ2v) is 6.09. The largest absolute Gasteiger partial charge is 0.508 e. The number of benzene rings is 2. The van der Waals surface area contributed by atoms with Crippen LogP contribution in [0.25, 0.3) is 11.4 Å². The molecule has 0 amide bonds. The Balaban J connectivity index is 1.79. The molecule has 0 aliphatic carbocycles. The SMILES string of the molecule is C=S(Nc1ccc(-c2ncon2)cc1)c1cc(O)ccc1OC. The summed E-state index contributed by atoms with van der Waals surface area (Å²) in [6.07, 6.45) is 1.29. The number of rotatable bonds is 5. The molecule has 3 rings (SSSR count). The lowest BCUT2D eigenvalue weighted by Gasteiger charge is -2.15. The summed E-state index contributed by atoms with van der Waals surface area (Å²) in [6, 6.07) is 12.6. The number of aromatic hydroxyl groups is 1. The number of phenols is 1. The van der Waals surface area contributed by atoms with Crippen molar-refractivity contribution in [1.82, 2.24) is 10.1 Å². The molecular weight excluding hydrogens is 314 g/mol. The molecule has 1 atom stereocenters. The molecule has 2 aromatic carbocycles. The number of methoxy groups -OCH3 is 1. The van der Waals surface area contributed by atoms with Crippen molar-refractivity contribution >= 4 is 22.2 Å². The number of hydrogen-bond acceptors (Lipinski definition) is 6. The highest BCUT2D eigenvalue weighted by Crippen LogP contribution is 2.36. The molecule has 7 heteroatoms. The summed E-state index contributed by atoms with van der Waals surface area (Å²) in [5.41, 5.74) is 1.75. The van der Waals surface area contributed by atoms with Crippen LogP contribution in [0.4, 0.5) is 5.69 Å². The first-order valence-corrected chi connectivity index (χ1v) is 8.11. The lowest BCUT2D eigenvalue weighted by atomic mass is 10.2. The minimum Gasteiger partial charge on any atom is -0.508 e. The van der Waals surface area contributed by atoms with E-state index in [-0.39, 0.29) is 5.75 Å². The smallest absolute Gasteiger partial charge is 0.214 e. The van der Waals surface area contributed by atoms with Crippen LogP contribution in [0.2, 0.25) is 0 Å². The molecule has 0 bridgehead atoms. The summed E-state index contributed by atoms with van der Waals surface area (Å²) in [5, 5.41) is 13.5. The number of anilines is 1. The van der Waals surface area contributed by atoms with Crippen LogP contribution >= 0.6 is 10.7 Å². The highest BCUT2D eigenvalue weighted by atomic mass is 32.2. The molecule has 118 valence electrons. The van der Waals surface area contributed by atoms with Gasteiger partial charge in [-0.3, -0.25) is 0 Å². The van der Waals surface area contributed by atoms with Gasteiger partial charge >= 0.3 is 0 Å². The first-order chi connectivity index (χ1) is 11.2. The molecule has 0 fully saturated rings. The Morgan fingerprint density at radius 3 is 2.65 bits per heavy atom. The summed E-state index contributed by atoms with van der Waals surface area (Å²) in [6.45, 7) is 0. The Kier molecular flexibility index (Phi) is 4.29. The Hall–Kier alpha value is -2.80.